The number of nitrogens with zero attached hydrogens (tertiary/aromatic N) is 4. The average molecular weight is 555 g/mol. The van der Waals surface area contributed by atoms with Gasteiger partial charge in [-0.2, -0.15) is 0 Å². The number of aromatic nitrogens is 3. The minimum absolute atomic E-state index is 0.0790. The third-order valence-corrected chi connectivity index (χ3v) is 8.65. The van der Waals surface area contributed by atoms with Gasteiger partial charge in [0.2, 0.25) is 5.78 Å². The van der Waals surface area contributed by atoms with E-state index in [2.05, 4.69) is 157 Å². The number of fused-ring (bicyclic) bond motifs is 3. The Hall–Kier alpha value is -5.48. The molecule has 43 heavy (non-hydrogen) atoms. The van der Waals surface area contributed by atoms with Crippen LogP contribution in [-0.4, -0.2) is 14.4 Å². The molecule has 206 valence electrons. The van der Waals surface area contributed by atoms with Crippen LogP contribution in [0.25, 0.3) is 39.5 Å². The van der Waals surface area contributed by atoms with Crippen LogP contribution in [0, 0.1) is 0 Å². The fourth-order valence-corrected chi connectivity index (χ4v) is 6.49. The van der Waals surface area contributed by atoms with E-state index in [0.717, 1.165) is 39.5 Å². The van der Waals surface area contributed by atoms with E-state index in [0.29, 0.717) is 5.78 Å². The largest absolute Gasteiger partial charge is 0.310 e. The molecule has 3 heterocycles. The highest BCUT2D eigenvalue weighted by Crippen LogP contribution is 2.51. The molecule has 4 nitrogen and oxygen atoms in total. The summed E-state index contributed by atoms with van der Waals surface area (Å²) in [6.07, 6.45) is 2.09. The van der Waals surface area contributed by atoms with Crippen molar-refractivity contribution in [1.82, 2.24) is 14.4 Å². The molecule has 0 N–H and O–H groups in total. The van der Waals surface area contributed by atoms with Crippen LogP contribution in [0.1, 0.15) is 25.0 Å². The summed E-state index contributed by atoms with van der Waals surface area (Å²) in [4.78, 5) is 12.5. The standard InChI is InChI=1S/C39H30N4/c1-39(2)31-17-9-11-19-34(31)43(35-20-12-10-18-32(35)39)30-23-21-27(22-24-30)33-25-26-42-37(29-15-7-4-8-16-29)36(41-38(42)40-33)28-13-5-3-6-14-28/h3-26H,1-2H3. The predicted molar refractivity (Wildman–Crippen MR) is 176 cm³/mol. The zero-order chi connectivity index (χ0) is 29.0. The van der Waals surface area contributed by atoms with E-state index in [-0.39, 0.29) is 5.41 Å². The molecule has 2 aromatic heterocycles. The second kappa shape index (κ2) is 9.81. The van der Waals surface area contributed by atoms with E-state index in [4.69, 9.17) is 9.97 Å². The lowest BCUT2D eigenvalue weighted by molar-refractivity contribution is 0.632. The maximum atomic E-state index is 5.05. The Morgan fingerprint density at radius 2 is 1.07 bits per heavy atom. The first kappa shape index (κ1) is 25.2. The third-order valence-electron chi connectivity index (χ3n) is 8.65. The Balaban J connectivity index is 1.21. The number of hydrogen-bond donors (Lipinski definition) is 0. The summed E-state index contributed by atoms with van der Waals surface area (Å²) in [5.74, 6) is 0.681. The van der Waals surface area contributed by atoms with Crippen LogP contribution in [0.15, 0.2) is 146 Å². The second-order valence-electron chi connectivity index (χ2n) is 11.6. The lowest BCUT2D eigenvalue weighted by Gasteiger charge is -2.42. The van der Waals surface area contributed by atoms with E-state index in [1.165, 1.54) is 22.5 Å². The molecule has 0 saturated heterocycles. The first-order chi connectivity index (χ1) is 21.1. The van der Waals surface area contributed by atoms with Crippen molar-refractivity contribution in [2.45, 2.75) is 19.3 Å². The SMILES string of the molecule is CC1(C)c2ccccc2N(c2ccc(-c3ccn4c(-c5ccccc5)c(-c5ccccc5)nc4n3)cc2)c2ccccc21. The van der Waals surface area contributed by atoms with Gasteiger partial charge in [-0.1, -0.05) is 123 Å². The van der Waals surface area contributed by atoms with Gasteiger partial charge in [-0.15, -0.1) is 0 Å². The summed E-state index contributed by atoms with van der Waals surface area (Å²) in [7, 11) is 0. The molecule has 0 amide bonds. The molecule has 0 bridgehead atoms. The summed E-state index contributed by atoms with van der Waals surface area (Å²) >= 11 is 0. The minimum atomic E-state index is -0.0790. The topological polar surface area (TPSA) is 33.4 Å². The first-order valence-electron chi connectivity index (χ1n) is 14.7. The molecular formula is C39H30N4. The Labute approximate surface area is 251 Å². The van der Waals surface area contributed by atoms with Crippen LogP contribution in [0.5, 0.6) is 0 Å². The molecule has 1 aliphatic heterocycles. The highest BCUT2D eigenvalue weighted by atomic mass is 15.2. The lowest BCUT2D eigenvalue weighted by Crippen LogP contribution is -2.30. The van der Waals surface area contributed by atoms with Crippen molar-refractivity contribution in [2.24, 2.45) is 0 Å². The van der Waals surface area contributed by atoms with E-state index in [1.54, 1.807) is 0 Å². The van der Waals surface area contributed by atoms with Crippen molar-refractivity contribution in [3.8, 4) is 33.8 Å². The Morgan fingerprint density at radius 3 is 1.70 bits per heavy atom. The van der Waals surface area contributed by atoms with Gasteiger partial charge >= 0.3 is 0 Å². The molecule has 7 aromatic rings. The Morgan fingerprint density at radius 1 is 0.512 bits per heavy atom. The average Bonchev–Trinajstić information content (AvgIpc) is 3.45. The fraction of sp³-hybridized carbons (Fsp3) is 0.0769. The normalized spacial score (nSPS) is 13.5. The van der Waals surface area contributed by atoms with E-state index in [1.807, 2.05) is 12.1 Å². The van der Waals surface area contributed by atoms with Crippen LogP contribution < -0.4 is 4.90 Å². The van der Waals surface area contributed by atoms with Gasteiger partial charge in [0.15, 0.2) is 0 Å². The number of imidazole rings is 1. The zero-order valence-electron chi connectivity index (χ0n) is 24.1. The van der Waals surface area contributed by atoms with Gasteiger partial charge in [-0.05, 0) is 41.5 Å². The highest BCUT2D eigenvalue weighted by Gasteiger charge is 2.36. The van der Waals surface area contributed by atoms with Crippen molar-refractivity contribution in [1.29, 1.82) is 0 Å². The zero-order valence-corrected chi connectivity index (χ0v) is 24.1. The fourth-order valence-electron chi connectivity index (χ4n) is 6.49. The van der Waals surface area contributed by atoms with E-state index >= 15 is 0 Å². The first-order valence-corrected chi connectivity index (χ1v) is 14.7. The molecule has 0 saturated carbocycles. The molecule has 1 aliphatic rings. The van der Waals surface area contributed by atoms with Gasteiger partial charge in [0.25, 0.3) is 0 Å². The van der Waals surface area contributed by atoms with Crippen molar-refractivity contribution >= 4 is 22.8 Å². The predicted octanol–water partition coefficient (Wildman–Crippen LogP) is 9.84. The molecule has 8 rings (SSSR count). The van der Waals surface area contributed by atoms with Crippen LogP contribution in [0.4, 0.5) is 17.1 Å². The van der Waals surface area contributed by atoms with Gasteiger partial charge in [0, 0.05) is 34.0 Å². The van der Waals surface area contributed by atoms with Gasteiger partial charge in [-0.25, -0.2) is 9.97 Å². The molecule has 0 atom stereocenters. The van der Waals surface area contributed by atoms with Crippen LogP contribution in [-0.2, 0) is 5.41 Å². The van der Waals surface area contributed by atoms with Gasteiger partial charge in [0.05, 0.1) is 28.5 Å². The Kier molecular flexibility index (Phi) is 5.76. The molecule has 0 aliphatic carbocycles. The summed E-state index contributed by atoms with van der Waals surface area (Å²) in [6, 6.07) is 49.0. The molecule has 0 spiro atoms. The number of anilines is 3. The molecule has 0 fully saturated rings. The number of para-hydroxylation sites is 2. The monoisotopic (exact) mass is 554 g/mol. The maximum Gasteiger partial charge on any atom is 0.235 e. The summed E-state index contributed by atoms with van der Waals surface area (Å²) < 4.78 is 2.10. The number of benzene rings is 5. The number of hydrogen-bond acceptors (Lipinski definition) is 3. The van der Waals surface area contributed by atoms with Crippen LogP contribution >= 0.6 is 0 Å². The summed E-state index contributed by atoms with van der Waals surface area (Å²) in [5.41, 5.74) is 12.2. The van der Waals surface area contributed by atoms with Crippen LogP contribution in [0.3, 0.4) is 0 Å². The minimum Gasteiger partial charge on any atom is -0.310 e. The highest BCUT2D eigenvalue weighted by molar-refractivity contribution is 5.86. The lowest BCUT2D eigenvalue weighted by atomic mass is 9.73. The van der Waals surface area contributed by atoms with Gasteiger partial charge in [0.1, 0.15) is 0 Å². The molecule has 0 radical (unpaired) electrons. The summed E-state index contributed by atoms with van der Waals surface area (Å²) in [5, 5.41) is 0. The van der Waals surface area contributed by atoms with Crippen molar-refractivity contribution < 1.29 is 0 Å². The van der Waals surface area contributed by atoms with E-state index < -0.39 is 0 Å². The Bertz CT molecular complexity index is 2040. The molecule has 4 heteroatoms. The van der Waals surface area contributed by atoms with Crippen molar-refractivity contribution in [3.05, 3.63) is 157 Å². The van der Waals surface area contributed by atoms with Gasteiger partial charge < -0.3 is 4.90 Å². The van der Waals surface area contributed by atoms with E-state index in [9.17, 15) is 0 Å². The summed E-state index contributed by atoms with van der Waals surface area (Å²) in [6.45, 7) is 4.63. The smallest absolute Gasteiger partial charge is 0.235 e. The molecule has 0 unspecified atom stereocenters. The van der Waals surface area contributed by atoms with Crippen molar-refractivity contribution in [2.75, 3.05) is 4.90 Å². The number of rotatable bonds is 4. The molecule has 5 aromatic carbocycles. The van der Waals surface area contributed by atoms with Crippen molar-refractivity contribution in [3.63, 3.8) is 0 Å². The quantitative estimate of drug-likeness (QED) is 0.217. The maximum absolute atomic E-state index is 5.05. The molecular weight excluding hydrogens is 524 g/mol. The van der Waals surface area contributed by atoms with Crippen LogP contribution in [0.2, 0.25) is 0 Å². The van der Waals surface area contributed by atoms with Gasteiger partial charge in [-0.3, -0.25) is 4.40 Å². The third kappa shape index (κ3) is 4.06. The second-order valence-corrected chi connectivity index (χ2v) is 11.6.